The lowest BCUT2D eigenvalue weighted by atomic mass is 9.45. The van der Waals surface area contributed by atoms with Crippen LogP contribution in [0.15, 0.2) is 115 Å². The molecule has 0 bridgehead atoms. The summed E-state index contributed by atoms with van der Waals surface area (Å²) in [5.41, 5.74) is -3.80. The van der Waals surface area contributed by atoms with Crippen LogP contribution in [0.1, 0.15) is 40.7 Å². The summed E-state index contributed by atoms with van der Waals surface area (Å²) in [5, 5.41) is 10.6. The molecule has 0 spiro atoms. The van der Waals surface area contributed by atoms with Crippen LogP contribution in [0.3, 0.4) is 0 Å². The molecule has 1 heterocycles. The Morgan fingerprint density at radius 1 is 0.767 bits per heavy atom. The van der Waals surface area contributed by atoms with E-state index in [0.29, 0.717) is 39.3 Å². The van der Waals surface area contributed by atoms with Gasteiger partial charge in [-0.15, -0.1) is 0 Å². The zero-order chi connectivity index (χ0) is 42.9. The Bertz CT molecular complexity index is 2470. The van der Waals surface area contributed by atoms with Gasteiger partial charge in [0.15, 0.2) is 23.1 Å². The smallest absolute Gasteiger partial charge is 0.416 e. The zero-order valence-electron chi connectivity index (χ0n) is 31.9. The number of carbonyl (C=O) groups excluding carboxylic acids is 4. The van der Waals surface area contributed by atoms with Crippen molar-refractivity contribution in [1.82, 2.24) is 0 Å². The highest BCUT2D eigenvalue weighted by Crippen LogP contribution is 2.61. The molecule has 2 amide bonds. The lowest BCUT2D eigenvalue weighted by Crippen LogP contribution is -2.59. The zero-order valence-corrected chi connectivity index (χ0v) is 31.9. The van der Waals surface area contributed by atoms with Crippen molar-refractivity contribution < 1.29 is 60.1 Å². The summed E-state index contributed by atoms with van der Waals surface area (Å²) in [6.45, 7) is 0. The molecule has 4 aromatic carbocycles. The van der Waals surface area contributed by atoms with Crippen molar-refractivity contribution in [2.75, 3.05) is 19.1 Å². The molecular weight excluding hydrogens is 792 g/mol. The van der Waals surface area contributed by atoms with Crippen molar-refractivity contribution in [3.8, 4) is 17.2 Å². The number of halogens is 6. The maximum absolute atomic E-state index is 15.2. The molecule has 3 aliphatic carbocycles. The molecular formula is C46H35F6NO7. The van der Waals surface area contributed by atoms with Gasteiger partial charge in [0.25, 0.3) is 0 Å². The number of imide groups is 1. The lowest BCUT2D eigenvalue weighted by Gasteiger charge is -2.54. The third kappa shape index (κ3) is 6.40. The minimum absolute atomic E-state index is 0.0729. The number of ether oxygens (including phenoxy) is 2. The highest BCUT2D eigenvalue weighted by atomic mass is 19.4. The van der Waals surface area contributed by atoms with Crippen molar-refractivity contribution in [2.24, 2.45) is 29.6 Å². The van der Waals surface area contributed by atoms with Crippen molar-refractivity contribution in [3.05, 3.63) is 143 Å². The Labute approximate surface area is 339 Å². The van der Waals surface area contributed by atoms with E-state index in [-0.39, 0.29) is 41.7 Å². The van der Waals surface area contributed by atoms with Gasteiger partial charge < -0.3 is 14.6 Å². The molecule has 4 aromatic rings. The largest absolute Gasteiger partial charge is 0.502 e. The number of rotatable bonds is 7. The van der Waals surface area contributed by atoms with E-state index in [9.17, 15) is 41.0 Å². The van der Waals surface area contributed by atoms with Crippen LogP contribution >= 0.6 is 0 Å². The Balaban J connectivity index is 1.32. The Morgan fingerprint density at radius 3 is 1.92 bits per heavy atom. The first-order chi connectivity index (χ1) is 28.5. The number of anilines is 1. The Kier molecular flexibility index (Phi) is 9.87. The number of methoxy groups -OCH3 is 2. The van der Waals surface area contributed by atoms with E-state index in [4.69, 9.17) is 9.47 Å². The minimum Gasteiger partial charge on any atom is -0.502 e. The summed E-state index contributed by atoms with van der Waals surface area (Å²) in [6.07, 6.45) is -4.36. The molecule has 14 heteroatoms. The second kappa shape index (κ2) is 14.7. The molecule has 2 fully saturated rings. The number of phenolic OH excluding ortho intramolecular Hbond substituents is 1. The van der Waals surface area contributed by atoms with Gasteiger partial charge in [0, 0.05) is 17.4 Å². The average Bonchev–Trinajstić information content (AvgIpc) is 3.49. The van der Waals surface area contributed by atoms with Crippen LogP contribution in [0.25, 0.3) is 11.6 Å². The lowest BCUT2D eigenvalue weighted by molar-refractivity contribution is -0.143. The highest BCUT2D eigenvalue weighted by molar-refractivity contribution is 6.31. The van der Waals surface area contributed by atoms with Gasteiger partial charge >= 0.3 is 12.4 Å². The molecule has 6 unspecified atom stereocenters. The molecule has 6 atom stereocenters. The van der Waals surface area contributed by atoms with Gasteiger partial charge in [-0.2, -0.15) is 26.3 Å². The second-order valence-electron chi connectivity index (χ2n) is 15.2. The number of nitrogens with zero attached hydrogens (tertiary/aromatic N) is 1. The minimum atomic E-state index is -5.24. The molecule has 1 N–H and O–H groups in total. The number of hydrogen-bond donors (Lipinski definition) is 1. The maximum atomic E-state index is 15.2. The van der Waals surface area contributed by atoms with Gasteiger partial charge in [0.1, 0.15) is 0 Å². The SMILES string of the molecule is COc1cc(C=CC2C3=CCC4C(=O)N(c5cc(C(F)(F)F)cc(C(F)(F)F)c5)C(=O)C4C3CC3C(=O)C(c4ccccc4)=CC(=O)C23c2ccccc2)cc(OC)c1O. The number of allylic oxidation sites excluding steroid dienone is 5. The van der Waals surface area contributed by atoms with Crippen molar-refractivity contribution >= 4 is 40.7 Å². The molecule has 1 saturated carbocycles. The first-order valence-corrected chi connectivity index (χ1v) is 18.9. The number of ketones is 2. The van der Waals surface area contributed by atoms with Crippen LogP contribution in [0, 0.1) is 29.6 Å². The number of aromatic hydroxyl groups is 1. The van der Waals surface area contributed by atoms with Crippen LogP contribution in [-0.4, -0.2) is 42.7 Å². The first-order valence-electron chi connectivity index (χ1n) is 18.9. The number of phenols is 1. The van der Waals surface area contributed by atoms with E-state index in [0.717, 1.165) is 0 Å². The fraction of sp³-hybridized carbons (Fsp3) is 0.261. The quantitative estimate of drug-likeness (QED) is 0.113. The third-order valence-electron chi connectivity index (χ3n) is 12.2. The summed E-state index contributed by atoms with van der Waals surface area (Å²) < 4.78 is 94.5. The summed E-state index contributed by atoms with van der Waals surface area (Å²) in [5.74, 6) is -8.51. The van der Waals surface area contributed by atoms with Crippen molar-refractivity contribution in [3.63, 3.8) is 0 Å². The van der Waals surface area contributed by atoms with Gasteiger partial charge in [-0.3, -0.25) is 19.2 Å². The van der Waals surface area contributed by atoms with Crippen molar-refractivity contribution in [1.29, 1.82) is 0 Å². The Morgan fingerprint density at radius 2 is 1.35 bits per heavy atom. The van der Waals surface area contributed by atoms with E-state index in [2.05, 4.69) is 0 Å². The number of amides is 2. The normalized spacial score (nSPS) is 25.4. The van der Waals surface area contributed by atoms with Crippen LogP contribution < -0.4 is 14.4 Å². The van der Waals surface area contributed by atoms with Crippen LogP contribution in [0.5, 0.6) is 17.2 Å². The number of fused-ring (bicyclic) bond motifs is 4. The average molecular weight is 828 g/mol. The molecule has 4 aliphatic rings. The molecule has 60 heavy (non-hydrogen) atoms. The molecule has 0 radical (unpaired) electrons. The maximum Gasteiger partial charge on any atom is 0.416 e. The Hall–Kier alpha value is -6.44. The predicted octanol–water partition coefficient (Wildman–Crippen LogP) is 9.02. The van der Waals surface area contributed by atoms with E-state index in [1.165, 1.54) is 32.4 Å². The molecule has 8 nitrogen and oxygen atoms in total. The number of alkyl halides is 6. The highest BCUT2D eigenvalue weighted by Gasteiger charge is 2.65. The van der Waals surface area contributed by atoms with E-state index < -0.39 is 87.6 Å². The van der Waals surface area contributed by atoms with E-state index in [1.807, 2.05) is 0 Å². The fourth-order valence-corrected chi connectivity index (χ4v) is 9.66. The molecule has 0 aromatic heterocycles. The van der Waals surface area contributed by atoms with Crippen LogP contribution in [-0.2, 0) is 36.9 Å². The van der Waals surface area contributed by atoms with E-state index >= 15 is 9.59 Å². The van der Waals surface area contributed by atoms with Gasteiger partial charge in [-0.25, -0.2) is 4.90 Å². The summed E-state index contributed by atoms with van der Waals surface area (Å²) in [6, 6.07) is 20.9. The number of carbonyl (C=O) groups is 4. The fourth-order valence-electron chi connectivity index (χ4n) is 9.66. The van der Waals surface area contributed by atoms with Crippen LogP contribution in [0.2, 0.25) is 0 Å². The molecule has 1 saturated heterocycles. The summed E-state index contributed by atoms with van der Waals surface area (Å²) in [4.78, 5) is 59.4. The predicted molar refractivity (Wildman–Crippen MR) is 207 cm³/mol. The monoisotopic (exact) mass is 827 g/mol. The standard InChI is InChI=1S/C46H35F6NO7/c1-59-36-17-24(18-37(60-2)41(36)56)13-16-34-30-14-15-31-39(43(58)53(42(31)57)29-20-27(45(47,48)49)19-28(21-29)46(50,51)52)33(30)22-35-40(55)32(25-9-5-3-6-10-25)23-38(54)44(34,35)26-11-7-4-8-12-26/h3-14,16-21,23,31,33-35,39,56H,15,22H2,1-2H3. The summed E-state index contributed by atoms with van der Waals surface area (Å²) in [7, 11) is 2.70. The molecule has 8 rings (SSSR count). The first kappa shape index (κ1) is 40.3. The second-order valence-corrected chi connectivity index (χ2v) is 15.2. The summed E-state index contributed by atoms with van der Waals surface area (Å²) >= 11 is 0. The number of benzene rings is 4. The van der Waals surface area contributed by atoms with Gasteiger partial charge in [-0.1, -0.05) is 84.5 Å². The van der Waals surface area contributed by atoms with Crippen LogP contribution in [0.4, 0.5) is 32.0 Å². The van der Waals surface area contributed by atoms with Gasteiger partial charge in [0.2, 0.25) is 17.6 Å². The topological polar surface area (TPSA) is 110 Å². The third-order valence-corrected chi connectivity index (χ3v) is 12.2. The number of hydrogen-bond acceptors (Lipinski definition) is 7. The molecule has 308 valence electrons. The van der Waals surface area contributed by atoms with Gasteiger partial charge in [0.05, 0.1) is 48.3 Å². The van der Waals surface area contributed by atoms with E-state index in [1.54, 1.807) is 78.9 Å². The molecule has 1 aliphatic heterocycles. The van der Waals surface area contributed by atoms with Gasteiger partial charge in [-0.05, 0) is 71.9 Å². The van der Waals surface area contributed by atoms with Crippen molar-refractivity contribution in [2.45, 2.75) is 30.6 Å². The number of Topliss-reactive ketones (excluding diaryl/α,β-unsaturated/α-hetero) is 1.